The van der Waals surface area contributed by atoms with Crippen LogP contribution in [0.15, 0.2) is 36.4 Å². The SMILES string of the molecule is C[C@H](Oc1ccc2ccccc2c1[N+](=O)[O-])C(=O)O. The summed E-state index contributed by atoms with van der Waals surface area (Å²) in [6.45, 7) is 1.32. The Morgan fingerprint density at radius 1 is 1.32 bits per heavy atom. The highest BCUT2D eigenvalue weighted by atomic mass is 16.6. The maximum Gasteiger partial charge on any atom is 0.344 e. The standard InChI is InChI=1S/C13H11NO5/c1-8(13(15)16)19-11-7-6-9-4-2-3-5-10(9)12(11)14(17)18/h2-8H,1H3,(H,15,16)/t8-/m0/s1. The first-order chi connectivity index (χ1) is 9.00. The molecule has 0 aliphatic carbocycles. The Morgan fingerprint density at radius 3 is 2.63 bits per heavy atom. The summed E-state index contributed by atoms with van der Waals surface area (Å²) in [5.74, 6) is -1.22. The van der Waals surface area contributed by atoms with E-state index in [1.54, 1.807) is 30.3 Å². The number of nitro benzene ring substituents is 1. The van der Waals surface area contributed by atoms with E-state index in [1.165, 1.54) is 13.0 Å². The van der Waals surface area contributed by atoms with Crippen molar-refractivity contribution in [3.8, 4) is 5.75 Å². The van der Waals surface area contributed by atoms with Gasteiger partial charge in [0.2, 0.25) is 0 Å². The third-order valence-electron chi connectivity index (χ3n) is 2.70. The molecule has 2 aromatic rings. The van der Waals surface area contributed by atoms with Crippen LogP contribution < -0.4 is 4.74 Å². The number of rotatable bonds is 4. The van der Waals surface area contributed by atoms with E-state index >= 15 is 0 Å². The summed E-state index contributed by atoms with van der Waals surface area (Å²) in [6.07, 6.45) is -1.15. The third kappa shape index (κ3) is 2.47. The summed E-state index contributed by atoms with van der Waals surface area (Å²) in [5.41, 5.74) is -0.216. The van der Waals surface area contributed by atoms with E-state index in [9.17, 15) is 14.9 Å². The average molecular weight is 261 g/mol. The number of nitrogens with zero attached hydrogens (tertiary/aromatic N) is 1. The van der Waals surface area contributed by atoms with Crippen molar-refractivity contribution in [3.63, 3.8) is 0 Å². The highest BCUT2D eigenvalue weighted by molar-refractivity contribution is 5.93. The lowest BCUT2D eigenvalue weighted by Crippen LogP contribution is -2.23. The van der Waals surface area contributed by atoms with E-state index in [0.29, 0.717) is 10.8 Å². The molecule has 6 nitrogen and oxygen atoms in total. The number of carboxylic acid groups (broad SMARTS) is 1. The van der Waals surface area contributed by atoms with E-state index < -0.39 is 17.0 Å². The molecule has 19 heavy (non-hydrogen) atoms. The number of fused-ring (bicyclic) bond motifs is 1. The van der Waals surface area contributed by atoms with Crippen LogP contribution in [0, 0.1) is 10.1 Å². The summed E-state index contributed by atoms with van der Waals surface area (Å²) in [6, 6.07) is 9.87. The highest BCUT2D eigenvalue weighted by Gasteiger charge is 2.23. The molecule has 0 heterocycles. The largest absolute Gasteiger partial charge is 0.479 e. The molecule has 2 aromatic carbocycles. The first-order valence-electron chi connectivity index (χ1n) is 5.56. The number of benzene rings is 2. The Labute approximate surface area is 108 Å². The molecule has 2 rings (SSSR count). The number of ether oxygens (including phenoxy) is 1. The molecule has 0 radical (unpaired) electrons. The molecule has 6 heteroatoms. The summed E-state index contributed by atoms with van der Waals surface area (Å²) in [4.78, 5) is 21.4. The van der Waals surface area contributed by atoms with Gasteiger partial charge in [0.05, 0.1) is 10.3 Å². The lowest BCUT2D eigenvalue weighted by molar-refractivity contribution is -0.384. The quantitative estimate of drug-likeness (QED) is 0.674. The fraction of sp³-hybridized carbons (Fsp3) is 0.154. The second-order valence-electron chi connectivity index (χ2n) is 3.99. The third-order valence-corrected chi connectivity index (χ3v) is 2.70. The summed E-state index contributed by atoms with van der Waals surface area (Å²) in [7, 11) is 0. The Kier molecular flexibility index (Phi) is 3.33. The molecule has 1 N–H and O–H groups in total. The molecule has 0 spiro atoms. The molecule has 0 unspecified atom stereocenters. The van der Waals surface area contributed by atoms with E-state index in [4.69, 9.17) is 9.84 Å². The molecule has 98 valence electrons. The second kappa shape index (κ2) is 4.93. The van der Waals surface area contributed by atoms with E-state index in [0.717, 1.165) is 0 Å². The zero-order valence-electron chi connectivity index (χ0n) is 10.1. The number of hydrogen-bond donors (Lipinski definition) is 1. The highest BCUT2D eigenvalue weighted by Crippen LogP contribution is 2.35. The van der Waals surface area contributed by atoms with Crippen LogP contribution in [0.2, 0.25) is 0 Å². The summed E-state index contributed by atoms with van der Waals surface area (Å²) in [5, 5.41) is 21.1. The van der Waals surface area contributed by atoms with Crippen molar-refractivity contribution in [1.82, 2.24) is 0 Å². The van der Waals surface area contributed by atoms with Crippen LogP contribution in [0.25, 0.3) is 10.8 Å². The fourth-order valence-corrected chi connectivity index (χ4v) is 1.76. The van der Waals surface area contributed by atoms with Gasteiger partial charge >= 0.3 is 11.7 Å². The van der Waals surface area contributed by atoms with Gasteiger partial charge in [0.1, 0.15) is 0 Å². The van der Waals surface area contributed by atoms with Gasteiger partial charge in [-0.25, -0.2) is 4.79 Å². The van der Waals surface area contributed by atoms with Gasteiger partial charge in [-0.3, -0.25) is 10.1 Å². The smallest absolute Gasteiger partial charge is 0.344 e. The van der Waals surface area contributed by atoms with Crippen molar-refractivity contribution >= 4 is 22.4 Å². The average Bonchev–Trinajstić information content (AvgIpc) is 2.37. The van der Waals surface area contributed by atoms with Crippen molar-refractivity contribution in [2.24, 2.45) is 0 Å². The van der Waals surface area contributed by atoms with Crippen LogP contribution in [-0.4, -0.2) is 22.1 Å². The molecule has 0 saturated heterocycles. The normalized spacial score (nSPS) is 12.1. The van der Waals surface area contributed by atoms with E-state index in [-0.39, 0.29) is 11.4 Å². The Morgan fingerprint density at radius 2 is 2.00 bits per heavy atom. The van der Waals surface area contributed by atoms with Crippen LogP contribution in [-0.2, 0) is 4.79 Å². The van der Waals surface area contributed by atoms with Crippen molar-refractivity contribution in [2.45, 2.75) is 13.0 Å². The first kappa shape index (κ1) is 12.8. The minimum atomic E-state index is -1.18. The van der Waals surface area contributed by atoms with Crippen LogP contribution in [0.1, 0.15) is 6.92 Å². The van der Waals surface area contributed by atoms with Gasteiger partial charge in [-0.2, -0.15) is 0 Å². The molecule has 0 saturated carbocycles. The van der Waals surface area contributed by atoms with Crippen molar-refractivity contribution in [3.05, 3.63) is 46.5 Å². The van der Waals surface area contributed by atoms with Crippen molar-refractivity contribution < 1.29 is 19.6 Å². The van der Waals surface area contributed by atoms with Crippen LogP contribution in [0.5, 0.6) is 5.75 Å². The van der Waals surface area contributed by atoms with Gasteiger partial charge in [0.15, 0.2) is 11.9 Å². The maximum absolute atomic E-state index is 11.2. The van der Waals surface area contributed by atoms with Gasteiger partial charge in [0, 0.05) is 0 Å². The topological polar surface area (TPSA) is 89.7 Å². The second-order valence-corrected chi connectivity index (χ2v) is 3.99. The molecule has 0 amide bonds. The van der Waals surface area contributed by atoms with Crippen LogP contribution in [0.4, 0.5) is 5.69 Å². The molecular weight excluding hydrogens is 250 g/mol. The molecule has 0 bridgehead atoms. The van der Waals surface area contributed by atoms with Crippen LogP contribution >= 0.6 is 0 Å². The van der Waals surface area contributed by atoms with E-state index in [2.05, 4.69) is 0 Å². The monoisotopic (exact) mass is 261 g/mol. The number of carbonyl (C=O) groups is 1. The van der Waals surface area contributed by atoms with Gasteiger partial charge in [-0.1, -0.05) is 24.3 Å². The van der Waals surface area contributed by atoms with Gasteiger partial charge in [-0.05, 0) is 24.4 Å². The molecular formula is C13H11NO5. The zero-order valence-corrected chi connectivity index (χ0v) is 10.1. The lowest BCUT2D eigenvalue weighted by atomic mass is 10.1. The molecule has 0 aliphatic rings. The zero-order chi connectivity index (χ0) is 14.0. The minimum Gasteiger partial charge on any atom is -0.479 e. The molecule has 1 atom stereocenters. The minimum absolute atomic E-state index is 0.0430. The predicted molar refractivity (Wildman–Crippen MR) is 68.3 cm³/mol. The summed E-state index contributed by atoms with van der Waals surface area (Å²) >= 11 is 0. The predicted octanol–water partition coefficient (Wildman–Crippen LogP) is 2.60. The number of nitro groups is 1. The summed E-state index contributed by atoms with van der Waals surface area (Å²) < 4.78 is 5.14. The number of aliphatic carboxylic acids is 1. The molecule has 0 aromatic heterocycles. The van der Waals surface area contributed by atoms with Crippen molar-refractivity contribution in [2.75, 3.05) is 0 Å². The van der Waals surface area contributed by atoms with Gasteiger partial charge < -0.3 is 9.84 Å². The van der Waals surface area contributed by atoms with E-state index in [1.807, 2.05) is 0 Å². The van der Waals surface area contributed by atoms with Crippen molar-refractivity contribution in [1.29, 1.82) is 0 Å². The number of hydrogen-bond acceptors (Lipinski definition) is 4. The van der Waals surface area contributed by atoms with Gasteiger partial charge in [-0.15, -0.1) is 0 Å². The Bertz CT molecular complexity index is 653. The number of carboxylic acids is 1. The Hall–Kier alpha value is -2.63. The Balaban J connectivity index is 2.58. The maximum atomic E-state index is 11.2. The molecule has 0 fully saturated rings. The van der Waals surface area contributed by atoms with Crippen LogP contribution in [0.3, 0.4) is 0 Å². The molecule has 0 aliphatic heterocycles. The fourth-order valence-electron chi connectivity index (χ4n) is 1.76. The first-order valence-corrected chi connectivity index (χ1v) is 5.56. The lowest BCUT2D eigenvalue weighted by Gasteiger charge is -2.11. The van der Waals surface area contributed by atoms with Gasteiger partial charge in [0.25, 0.3) is 0 Å².